The van der Waals surface area contributed by atoms with Crippen molar-refractivity contribution < 1.29 is 9.47 Å². The van der Waals surface area contributed by atoms with E-state index < -0.39 is 6.23 Å². The lowest BCUT2D eigenvalue weighted by molar-refractivity contribution is -0.0208. The van der Waals surface area contributed by atoms with Crippen LogP contribution >= 0.6 is 0 Å². The molecule has 1 aliphatic heterocycles. The second kappa shape index (κ2) is 5.54. The van der Waals surface area contributed by atoms with Crippen molar-refractivity contribution in [2.24, 2.45) is 0 Å². The lowest BCUT2D eigenvalue weighted by Crippen LogP contribution is -2.41. The van der Waals surface area contributed by atoms with Gasteiger partial charge in [0.05, 0.1) is 6.61 Å². The van der Waals surface area contributed by atoms with E-state index in [1.807, 2.05) is 6.08 Å². The molecule has 6 heteroatoms. The molecule has 2 rings (SSSR count). The molecular formula is C13H18N2O4. The van der Waals surface area contributed by atoms with Gasteiger partial charge in [-0.15, -0.1) is 0 Å². The molecule has 0 fully saturated rings. The second-order valence-corrected chi connectivity index (χ2v) is 4.46. The summed E-state index contributed by atoms with van der Waals surface area (Å²) >= 11 is 0. The van der Waals surface area contributed by atoms with Crippen LogP contribution in [0.15, 0.2) is 27.9 Å². The molecule has 104 valence electrons. The number of hydrogen-bond acceptors (Lipinski definition) is 4. The molecule has 0 unspecified atom stereocenters. The summed E-state index contributed by atoms with van der Waals surface area (Å²) < 4.78 is 13.3. The first-order valence-corrected chi connectivity index (χ1v) is 6.23. The van der Waals surface area contributed by atoms with E-state index in [4.69, 9.17) is 9.47 Å². The van der Waals surface area contributed by atoms with Crippen LogP contribution in [-0.2, 0) is 16.0 Å². The number of nitrogens with zero attached hydrogens (tertiary/aromatic N) is 2. The Labute approximate surface area is 110 Å². The first-order valence-electron chi connectivity index (χ1n) is 6.23. The van der Waals surface area contributed by atoms with Crippen molar-refractivity contribution >= 4 is 0 Å². The van der Waals surface area contributed by atoms with Gasteiger partial charge in [0, 0.05) is 25.4 Å². The zero-order valence-corrected chi connectivity index (χ0v) is 11.3. The van der Waals surface area contributed by atoms with Gasteiger partial charge < -0.3 is 9.47 Å². The molecule has 19 heavy (non-hydrogen) atoms. The van der Waals surface area contributed by atoms with Gasteiger partial charge in [-0.05, 0) is 19.9 Å². The lowest BCUT2D eigenvalue weighted by Gasteiger charge is -2.17. The molecule has 0 amide bonds. The highest BCUT2D eigenvalue weighted by Gasteiger charge is 2.22. The molecule has 0 N–H and O–H groups in total. The van der Waals surface area contributed by atoms with Crippen molar-refractivity contribution in [3.63, 3.8) is 0 Å². The van der Waals surface area contributed by atoms with Crippen LogP contribution in [0.3, 0.4) is 0 Å². The average molecular weight is 266 g/mol. The Hall–Kier alpha value is -1.66. The molecule has 6 nitrogen and oxygen atoms in total. The number of aryl methyl sites for hydroxylation is 1. The monoisotopic (exact) mass is 266 g/mol. The Bertz CT molecular complexity index is 600. The van der Waals surface area contributed by atoms with E-state index in [0.717, 1.165) is 0 Å². The fourth-order valence-electron chi connectivity index (χ4n) is 2.13. The Morgan fingerprint density at radius 1 is 1.37 bits per heavy atom. The normalized spacial score (nSPS) is 22.1. The van der Waals surface area contributed by atoms with Crippen LogP contribution in [0.4, 0.5) is 0 Å². The smallest absolute Gasteiger partial charge is 0.333 e. The molecule has 2 atom stereocenters. The minimum Gasteiger partial charge on any atom is -0.382 e. The van der Waals surface area contributed by atoms with Gasteiger partial charge in [0.25, 0.3) is 5.56 Å². The highest BCUT2D eigenvalue weighted by atomic mass is 16.5. The number of aromatic nitrogens is 2. The molecule has 0 spiro atoms. The summed E-state index contributed by atoms with van der Waals surface area (Å²) in [6.45, 7) is 4.24. The maximum atomic E-state index is 12.2. The minimum atomic E-state index is -0.482. The van der Waals surface area contributed by atoms with E-state index in [0.29, 0.717) is 18.7 Å². The van der Waals surface area contributed by atoms with Crippen molar-refractivity contribution in [1.29, 1.82) is 0 Å². The molecule has 1 aliphatic rings. The molecule has 0 aliphatic carbocycles. The fourth-order valence-corrected chi connectivity index (χ4v) is 2.13. The molecule has 0 saturated heterocycles. The maximum Gasteiger partial charge on any atom is 0.333 e. The largest absolute Gasteiger partial charge is 0.382 e. The van der Waals surface area contributed by atoms with Crippen LogP contribution in [-0.4, -0.2) is 29.0 Å². The van der Waals surface area contributed by atoms with Gasteiger partial charge in [0.2, 0.25) is 0 Å². The Kier molecular flexibility index (Phi) is 4.01. The van der Waals surface area contributed by atoms with Crippen LogP contribution in [0, 0.1) is 6.92 Å². The molecule has 0 bridgehead atoms. The van der Waals surface area contributed by atoms with Gasteiger partial charge in [-0.3, -0.25) is 13.9 Å². The Morgan fingerprint density at radius 2 is 2.11 bits per heavy atom. The van der Waals surface area contributed by atoms with Crippen molar-refractivity contribution in [1.82, 2.24) is 9.13 Å². The number of hydrogen-bond donors (Lipinski definition) is 0. The van der Waals surface area contributed by atoms with Gasteiger partial charge >= 0.3 is 5.69 Å². The topological polar surface area (TPSA) is 62.5 Å². The highest BCUT2D eigenvalue weighted by Crippen LogP contribution is 2.19. The second-order valence-electron chi connectivity index (χ2n) is 4.46. The van der Waals surface area contributed by atoms with E-state index in [9.17, 15) is 9.59 Å². The summed E-state index contributed by atoms with van der Waals surface area (Å²) in [6, 6.07) is 0. The van der Waals surface area contributed by atoms with E-state index in [2.05, 4.69) is 0 Å². The van der Waals surface area contributed by atoms with Crippen molar-refractivity contribution in [3.05, 3.63) is 44.8 Å². The van der Waals surface area contributed by atoms with Gasteiger partial charge in [-0.25, -0.2) is 4.79 Å². The quantitative estimate of drug-likeness (QED) is 0.742. The van der Waals surface area contributed by atoms with E-state index in [1.165, 1.54) is 9.13 Å². The number of rotatable bonds is 4. The van der Waals surface area contributed by atoms with E-state index in [1.54, 1.807) is 33.2 Å². The molecule has 2 heterocycles. The van der Waals surface area contributed by atoms with Gasteiger partial charge in [0.1, 0.15) is 6.10 Å². The zero-order chi connectivity index (χ0) is 14.0. The van der Waals surface area contributed by atoms with E-state index >= 15 is 0 Å². The molecule has 0 aromatic carbocycles. The Morgan fingerprint density at radius 3 is 2.74 bits per heavy atom. The standard InChI is InChI=1S/C13H18N2O4/c1-4-14-12(16)9(2)7-15(13(14)17)11-6-5-10(19-11)8-18-3/h5-7,10-11H,4,8H2,1-3H3/t10-,11+/m0/s1. The average Bonchev–Trinajstić information content (AvgIpc) is 2.83. The van der Waals surface area contributed by atoms with Crippen LogP contribution in [0.25, 0.3) is 0 Å². The SMILES string of the molecule is CCn1c(=O)c(C)cn([C@H]2C=C[C@@H](COC)O2)c1=O. The third kappa shape index (κ3) is 2.54. The summed E-state index contributed by atoms with van der Waals surface area (Å²) in [5.74, 6) is 0. The van der Waals surface area contributed by atoms with Crippen LogP contribution < -0.4 is 11.2 Å². The van der Waals surface area contributed by atoms with Gasteiger partial charge in [0.15, 0.2) is 6.23 Å². The molecule has 1 aromatic heterocycles. The molecule has 1 aromatic rings. The zero-order valence-electron chi connectivity index (χ0n) is 11.3. The predicted molar refractivity (Wildman–Crippen MR) is 70.3 cm³/mol. The molecular weight excluding hydrogens is 248 g/mol. The predicted octanol–water partition coefficient (Wildman–Crippen LogP) is 0.438. The summed E-state index contributed by atoms with van der Waals surface area (Å²) in [4.78, 5) is 24.0. The number of ether oxygens (including phenoxy) is 2. The maximum absolute atomic E-state index is 12.2. The summed E-state index contributed by atoms with van der Waals surface area (Å²) in [5.41, 5.74) is -0.0846. The summed E-state index contributed by atoms with van der Waals surface area (Å²) in [6.07, 6.45) is 4.56. The van der Waals surface area contributed by atoms with Crippen molar-refractivity contribution in [2.75, 3.05) is 13.7 Å². The summed E-state index contributed by atoms with van der Waals surface area (Å²) in [7, 11) is 1.60. The highest BCUT2D eigenvalue weighted by molar-refractivity contribution is 5.07. The van der Waals surface area contributed by atoms with E-state index in [-0.39, 0.29) is 17.4 Å². The molecule has 0 radical (unpaired) electrons. The van der Waals surface area contributed by atoms with Gasteiger partial charge in [-0.1, -0.05) is 6.08 Å². The first kappa shape index (κ1) is 13.8. The third-order valence-corrected chi connectivity index (χ3v) is 3.09. The molecule has 0 saturated carbocycles. The number of methoxy groups -OCH3 is 1. The third-order valence-electron chi connectivity index (χ3n) is 3.09. The fraction of sp³-hybridized carbons (Fsp3) is 0.538. The van der Waals surface area contributed by atoms with Crippen molar-refractivity contribution in [2.45, 2.75) is 32.7 Å². The summed E-state index contributed by atoms with van der Waals surface area (Å²) in [5, 5.41) is 0. The first-order chi connectivity index (χ1) is 9.08. The van der Waals surface area contributed by atoms with Crippen molar-refractivity contribution in [3.8, 4) is 0 Å². The van der Waals surface area contributed by atoms with Crippen LogP contribution in [0.1, 0.15) is 18.7 Å². The minimum absolute atomic E-state index is 0.163. The van der Waals surface area contributed by atoms with Crippen LogP contribution in [0.5, 0.6) is 0 Å². The van der Waals surface area contributed by atoms with Gasteiger partial charge in [-0.2, -0.15) is 0 Å². The Balaban J connectivity index is 2.38. The van der Waals surface area contributed by atoms with Crippen LogP contribution in [0.2, 0.25) is 0 Å². The lowest BCUT2D eigenvalue weighted by atomic mass is 10.3.